The zero-order valence-electron chi connectivity index (χ0n) is 12.8. The highest BCUT2D eigenvalue weighted by atomic mass is 32.1. The molecule has 3 rings (SSSR count). The first-order chi connectivity index (χ1) is 10.3. The van der Waals surface area contributed by atoms with Gasteiger partial charge in [0.1, 0.15) is 5.75 Å². The second-order valence-electron chi connectivity index (χ2n) is 5.56. The molecule has 21 heavy (non-hydrogen) atoms. The van der Waals surface area contributed by atoms with E-state index in [0.717, 1.165) is 18.8 Å². The lowest BCUT2D eigenvalue weighted by Gasteiger charge is -2.19. The van der Waals surface area contributed by atoms with Gasteiger partial charge in [0.25, 0.3) is 0 Å². The standard InChI is InChI=1S/C18H23NOS/c1-3-11-20-15-9-5-4-8-14(15)18(19-2)17-12-13-7-6-10-16(13)21-17/h4-5,8-9,12,18-19H,3,6-7,10-11H2,1-2H3. The highest BCUT2D eigenvalue weighted by Gasteiger charge is 2.22. The second-order valence-corrected chi connectivity index (χ2v) is 6.73. The molecule has 1 atom stereocenters. The first-order valence-corrected chi connectivity index (χ1v) is 8.65. The Labute approximate surface area is 131 Å². The Kier molecular flexibility index (Phi) is 4.61. The minimum atomic E-state index is 0.230. The van der Waals surface area contributed by atoms with E-state index in [2.05, 4.69) is 42.6 Å². The zero-order chi connectivity index (χ0) is 14.7. The Morgan fingerprint density at radius 2 is 2.14 bits per heavy atom. The van der Waals surface area contributed by atoms with Crippen molar-refractivity contribution in [3.8, 4) is 5.75 Å². The highest BCUT2D eigenvalue weighted by molar-refractivity contribution is 7.12. The van der Waals surface area contributed by atoms with Crippen LogP contribution >= 0.6 is 11.3 Å². The lowest BCUT2D eigenvalue weighted by molar-refractivity contribution is 0.312. The number of rotatable bonds is 6. The van der Waals surface area contributed by atoms with Crippen molar-refractivity contribution in [2.75, 3.05) is 13.7 Å². The molecule has 0 fully saturated rings. The third-order valence-corrected chi connectivity index (χ3v) is 5.33. The predicted octanol–water partition coefficient (Wildman–Crippen LogP) is 4.33. The smallest absolute Gasteiger partial charge is 0.124 e. The molecule has 1 aliphatic rings. The summed E-state index contributed by atoms with van der Waals surface area (Å²) in [5.41, 5.74) is 2.80. The molecule has 0 saturated carbocycles. The van der Waals surface area contributed by atoms with Gasteiger partial charge in [-0.25, -0.2) is 0 Å². The molecule has 0 amide bonds. The van der Waals surface area contributed by atoms with Crippen LogP contribution in [0, 0.1) is 0 Å². The van der Waals surface area contributed by atoms with Crippen LogP contribution in [0.5, 0.6) is 5.75 Å². The summed E-state index contributed by atoms with van der Waals surface area (Å²) in [6, 6.07) is 11.0. The predicted molar refractivity (Wildman–Crippen MR) is 89.5 cm³/mol. The number of ether oxygens (including phenoxy) is 1. The van der Waals surface area contributed by atoms with Crippen LogP contribution in [0.25, 0.3) is 0 Å². The summed E-state index contributed by atoms with van der Waals surface area (Å²) >= 11 is 1.96. The molecule has 2 nitrogen and oxygen atoms in total. The number of fused-ring (bicyclic) bond motifs is 1. The lowest BCUT2D eigenvalue weighted by atomic mass is 10.0. The van der Waals surface area contributed by atoms with Crippen molar-refractivity contribution >= 4 is 11.3 Å². The SMILES string of the molecule is CCCOc1ccccc1C(NC)c1cc2c(s1)CCC2. The van der Waals surface area contributed by atoms with Gasteiger partial charge in [-0.3, -0.25) is 0 Å². The molecular weight excluding hydrogens is 278 g/mol. The van der Waals surface area contributed by atoms with Crippen LogP contribution in [0.15, 0.2) is 30.3 Å². The number of para-hydroxylation sites is 1. The van der Waals surface area contributed by atoms with Crippen LogP contribution in [0.1, 0.15) is 46.7 Å². The summed E-state index contributed by atoms with van der Waals surface area (Å²) in [7, 11) is 2.03. The number of hydrogen-bond acceptors (Lipinski definition) is 3. The Balaban J connectivity index is 1.92. The third-order valence-electron chi connectivity index (χ3n) is 4.03. The van der Waals surface area contributed by atoms with E-state index in [1.54, 1.807) is 10.4 Å². The van der Waals surface area contributed by atoms with Gasteiger partial charge in [-0.05, 0) is 50.4 Å². The number of nitrogens with one attached hydrogen (secondary N) is 1. The fourth-order valence-corrected chi connectivity index (χ4v) is 4.39. The van der Waals surface area contributed by atoms with Gasteiger partial charge in [-0.2, -0.15) is 0 Å². The summed E-state index contributed by atoms with van der Waals surface area (Å²) in [6.45, 7) is 2.91. The quantitative estimate of drug-likeness (QED) is 0.857. The molecule has 1 aliphatic carbocycles. The molecule has 1 unspecified atom stereocenters. The van der Waals surface area contributed by atoms with E-state index >= 15 is 0 Å². The van der Waals surface area contributed by atoms with E-state index in [-0.39, 0.29) is 6.04 Å². The summed E-state index contributed by atoms with van der Waals surface area (Å²) in [5.74, 6) is 1.01. The van der Waals surface area contributed by atoms with Crippen molar-refractivity contribution in [2.24, 2.45) is 0 Å². The maximum Gasteiger partial charge on any atom is 0.124 e. The fraction of sp³-hybridized carbons (Fsp3) is 0.444. The van der Waals surface area contributed by atoms with Crippen LogP contribution in [0.4, 0.5) is 0 Å². The molecule has 2 aromatic rings. The van der Waals surface area contributed by atoms with Crippen molar-refractivity contribution in [1.29, 1.82) is 0 Å². The van der Waals surface area contributed by atoms with Crippen molar-refractivity contribution in [3.63, 3.8) is 0 Å². The number of thiophene rings is 1. The van der Waals surface area contributed by atoms with Gasteiger partial charge >= 0.3 is 0 Å². The van der Waals surface area contributed by atoms with Crippen molar-refractivity contribution < 1.29 is 4.74 Å². The molecule has 0 aliphatic heterocycles. The molecule has 0 saturated heterocycles. The minimum Gasteiger partial charge on any atom is -0.493 e. The largest absolute Gasteiger partial charge is 0.493 e. The van der Waals surface area contributed by atoms with Gasteiger partial charge in [-0.1, -0.05) is 25.1 Å². The molecule has 3 heteroatoms. The average Bonchev–Trinajstić information content (AvgIpc) is 3.08. The van der Waals surface area contributed by atoms with E-state index in [1.165, 1.54) is 29.7 Å². The molecule has 1 N–H and O–H groups in total. The first-order valence-electron chi connectivity index (χ1n) is 7.84. The highest BCUT2D eigenvalue weighted by Crippen LogP contribution is 2.38. The zero-order valence-corrected chi connectivity index (χ0v) is 13.6. The van der Waals surface area contributed by atoms with Crippen molar-refractivity contribution in [2.45, 2.75) is 38.6 Å². The maximum atomic E-state index is 5.93. The normalized spacial score (nSPS) is 15.0. The van der Waals surface area contributed by atoms with E-state index in [1.807, 2.05) is 18.4 Å². The minimum absolute atomic E-state index is 0.230. The number of aryl methyl sites for hydroxylation is 2. The first kappa shape index (κ1) is 14.6. The topological polar surface area (TPSA) is 21.3 Å². The van der Waals surface area contributed by atoms with Gasteiger partial charge in [0, 0.05) is 15.3 Å². The molecular formula is C18H23NOS. The Bertz CT molecular complexity index is 584. The van der Waals surface area contributed by atoms with E-state index in [9.17, 15) is 0 Å². The maximum absolute atomic E-state index is 5.93. The van der Waals surface area contributed by atoms with Crippen molar-refractivity contribution in [3.05, 3.63) is 51.2 Å². The average molecular weight is 301 g/mol. The van der Waals surface area contributed by atoms with Crippen LogP contribution in [0.2, 0.25) is 0 Å². The molecule has 0 radical (unpaired) electrons. The molecule has 1 aromatic carbocycles. The Hall–Kier alpha value is -1.32. The number of hydrogen-bond donors (Lipinski definition) is 1. The van der Waals surface area contributed by atoms with Crippen molar-refractivity contribution in [1.82, 2.24) is 5.32 Å². The van der Waals surface area contributed by atoms with Crippen LogP contribution in [0.3, 0.4) is 0 Å². The van der Waals surface area contributed by atoms with Gasteiger partial charge < -0.3 is 10.1 Å². The monoisotopic (exact) mass is 301 g/mol. The van der Waals surface area contributed by atoms with Gasteiger partial charge in [-0.15, -0.1) is 11.3 Å². The summed E-state index contributed by atoms with van der Waals surface area (Å²) in [5, 5.41) is 3.47. The van der Waals surface area contributed by atoms with Gasteiger partial charge in [0.2, 0.25) is 0 Å². The Morgan fingerprint density at radius 1 is 1.29 bits per heavy atom. The molecule has 0 spiro atoms. The fourth-order valence-electron chi connectivity index (χ4n) is 3.01. The van der Waals surface area contributed by atoms with Crippen LogP contribution in [-0.4, -0.2) is 13.7 Å². The summed E-state index contributed by atoms with van der Waals surface area (Å²) < 4.78 is 5.93. The molecule has 0 bridgehead atoms. The second kappa shape index (κ2) is 6.63. The van der Waals surface area contributed by atoms with E-state index in [0.29, 0.717) is 0 Å². The molecule has 1 aromatic heterocycles. The van der Waals surface area contributed by atoms with Crippen LogP contribution in [-0.2, 0) is 12.8 Å². The molecule has 1 heterocycles. The summed E-state index contributed by atoms with van der Waals surface area (Å²) in [4.78, 5) is 2.99. The third kappa shape index (κ3) is 2.99. The van der Waals surface area contributed by atoms with Crippen LogP contribution < -0.4 is 10.1 Å². The lowest BCUT2D eigenvalue weighted by Crippen LogP contribution is -2.17. The van der Waals surface area contributed by atoms with E-state index in [4.69, 9.17) is 4.74 Å². The Morgan fingerprint density at radius 3 is 2.90 bits per heavy atom. The number of benzene rings is 1. The molecule has 112 valence electrons. The van der Waals surface area contributed by atoms with Gasteiger partial charge in [0.05, 0.1) is 12.6 Å². The van der Waals surface area contributed by atoms with Gasteiger partial charge in [0.15, 0.2) is 0 Å². The van der Waals surface area contributed by atoms with E-state index < -0.39 is 0 Å². The summed E-state index contributed by atoms with van der Waals surface area (Å²) in [6.07, 6.45) is 4.86.